The Labute approximate surface area is 105 Å². The molecule has 1 aromatic carbocycles. The number of hydrogen-bond acceptors (Lipinski definition) is 1. The fourth-order valence-corrected chi connectivity index (χ4v) is 2.05. The number of hydrogen-bond donors (Lipinski definition) is 0. The van der Waals surface area contributed by atoms with E-state index in [1.807, 2.05) is 0 Å². The molecule has 0 radical (unpaired) electrons. The minimum atomic E-state index is 0.610. The van der Waals surface area contributed by atoms with Crippen molar-refractivity contribution >= 4 is 17.1 Å². The van der Waals surface area contributed by atoms with Gasteiger partial charge in [-0.25, -0.2) is 0 Å². The van der Waals surface area contributed by atoms with Crippen LogP contribution >= 0.6 is 12.2 Å². The summed E-state index contributed by atoms with van der Waals surface area (Å²) >= 11 is 5.49. The summed E-state index contributed by atoms with van der Waals surface area (Å²) < 4.78 is 0. The molecule has 0 amide bonds. The van der Waals surface area contributed by atoms with E-state index >= 15 is 0 Å². The van der Waals surface area contributed by atoms with Crippen molar-refractivity contribution in [1.29, 1.82) is 0 Å². The summed E-state index contributed by atoms with van der Waals surface area (Å²) in [5.74, 6) is 0.610. The lowest BCUT2D eigenvalue weighted by atomic mass is 9.96. The van der Waals surface area contributed by atoms with Crippen molar-refractivity contribution in [3.8, 4) is 0 Å². The van der Waals surface area contributed by atoms with E-state index in [4.69, 9.17) is 12.2 Å². The van der Waals surface area contributed by atoms with Gasteiger partial charge in [-0.2, -0.15) is 0 Å². The first kappa shape index (κ1) is 13.4. The fraction of sp³-hybridized carbons (Fsp3) is 0.533. The van der Waals surface area contributed by atoms with E-state index in [1.165, 1.54) is 29.7 Å². The van der Waals surface area contributed by atoms with Gasteiger partial charge in [-0.3, -0.25) is 0 Å². The molecule has 0 bridgehead atoms. The molecule has 1 aromatic rings. The Kier molecular flexibility index (Phi) is 6.32. The third-order valence-electron chi connectivity index (χ3n) is 3.04. The molecule has 88 valence electrons. The molecule has 0 aromatic heterocycles. The van der Waals surface area contributed by atoms with Crippen LogP contribution in [0.3, 0.4) is 0 Å². The summed E-state index contributed by atoms with van der Waals surface area (Å²) in [6.07, 6.45) is 5.97. The standard InChI is InChI=1S/C15H22S/c1-3-4-8-13(2)15(16)12-11-14-9-6-5-7-10-14/h5-7,9-10,13H,3-4,8,11-12H2,1-2H3. The highest BCUT2D eigenvalue weighted by atomic mass is 32.1. The Morgan fingerprint density at radius 1 is 1.25 bits per heavy atom. The second kappa shape index (κ2) is 7.56. The smallest absolute Gasteiger partial charge is 0.00400 e. The quantitative estimate of drug-likeness (QED) is 0.610. The van der Waals surface area contributed by atoms with Crippen LogP contribution in [0.1, 0.15) is 45.1 Å². The molecular weight excluding hydrogens is 212 g/mol. The van der Waals surface area contributed by atoms with Gasteiger partial charge in [-0.15, -0.1) is 0 Å². The number of aryl methyl sites for hydroxylation is 1. The molecule has 0 spiro atoms. The molecule has 0 heterocycles. The van der Waals surface area contributed by atoms with E-state index in [0.717, 1.165) is 12.8 Å². The highest BCUT2D eigenvalue weighted by molar-refractivity contribution is 7.80. The van der Waals surface area contributed by atoms with Gasteiger partial charge in [0.1, 0.15) is 0 Å². The minimum Gasteiger partial charge on any atom is -0.0894 e. The normalized spacial score (nSPS) is 12.4. The third-order valence-corrected chi connectivity index (χ3v) is 3.65. The van der Waals surface area contributed by atoms with Gasteiger partial charge >= 0.3 is 0 Å². The van der Waals surface area contributed by atoms with E-state index in [1.54, 1.807) is 0 Å². The van der Waals surface area contributed by atoms with Crippen molar-refractivity contribution in [2.45, 2.75) is 46.0 Å². The molecule has 0 saturated heterocycles. The lowest BCUT2D eigenvalue weighted by molar-refractivity contribution is 0.622. The van der Waals surface area contributed by atoms with Gasteiger partial charge in [-0.05, 0) is 35.6 Å². The Morgan fingerprint density at radius 2 is 1.94 bits per heavy atom. The summed E-state index contributed by atoms with van der Waals surface area (Å²) in [4.78, 5) is 1.25. The van der Waals surface area contributed by atoms with E-state index in [-0.39, 0.29) is 0 Å². The molecule has 0 aliphatic carbocycles. The molecule has 0 fully saturated rings. The Hall–Kier alpha value is -0.690. The maximum absolute atomic E-state index is 5.49. The second-order valence-corrected chi connectivity index (χ2v) is 5.02. The van der Waals surface area contributed by atoms with Gasteiger partial charge < -0.3 is 0 Å². The lowest BCUT2D eigenvalue weighted by Gasteiger charge is -2.12. The highest BCUT2D eigenvalue weighted by Crippen LogP contribution is 2.14. The first-order valence-electron chi connectivity index (χ1n) is 6.30. The summed E-state index contributed by atoms with van der Waals surface area (Å²) in [6.45, 7) is 4.50. The zero-order valence-corrected chi connectivity index (χ0v) is 11.2. The van der Waals surface area contributed by atoms with Crippen LogP contribution in [-0.4, -0.2) is 4.86 Å². The summed E-state index contributed by atoms with van der Waals surface area (Å²) in [6, 6.07) is 10.6. The van der Waals surface area contributed by atoms with Crippen LogP contribution in [0, 0.1) is 5.92 Å². The topological polar surface area (TPSA) is 0 Å². The molecule has 1 unspecified atom stereocenters. The zero-order chi connectivity index (χ0) is 11.8. The predicted molar refractivity (Wildman–Crippen MR) is 76.1 cm³/mol. The zero-order valence-electron chi connectivity index (χ0n) is 10.4. The van der Waals surface area contributed by atoms with Crippen LogP contribution in [0.15, 0.2) is 30.3 Å². The van der Waals surface area contributed by atoms with Crippen molar-refractivity contribution in [1.82, 2.24) is 0 Å². The van der Waals surface area contributed by atoms with Crippen molar-refractivity contribution in [2.24, 2.45) is 5.92 Å². The number of unbranched alkanes of at least 4 members (excludes halogenated alkanes) is 1. The van der Waals surface area contributed by atoms with E-state index in [9.17, 15) is 0 Å². The maximum Gasteiger partial charge on any atom is -0.00400 e. The first-order valence-corrected chi connectivity index (χ1v) is 6.71. The number of thiocarbonyl (C=S) groups is 1. The highest BCUT2D eigenvalue weighted by Gasteiger charge is 2.07. The van der Waals surface area contributed by atoms with Crippen LogP contribution in [0.5, 0.6) is 0 Å². The van der Waals surface area contributed by atoms with Crippen molar-refractivity contribution in [3.63, 3.8) is 0 Å². The Balaban J connectivity index is 2.29. The van der Waals surface area contributed by atoms with E-state index in [2.05, 4.69) is 44.2 Å². The lowest BCUT2D eigenvalue weighted by Crippen LogP contribution is -2.09. The second-order valence-electron chi connectivity index (χ2n) is 4.50. The average Bonchev–Trinajstić information content (AvgIpc) is 2.34. The summed E-state index contributed by atoms with van der Waals surface area (Å²) in [5, 5.41) is 0. The molecule has 1 rings (SSSR count). The average molecular weight is 234 g/mol. The molecule has 0 N–H and O–H groups in total. The Morgan fingerprint density at radius 3 is 2.56 bits per heavy atom. The van der Waals surface area contributed by atoms with Gasteiger partial charge in [0.2, 0.25) is 0 Å². The number of rotatable bonds is 7. The van der Waals surface area contributed by atoms with Crippen LogP contribution in [0.25, 0.3) is 0 Å². The molecule has 16 heavy (non-hydrogen) atoms. The van der Waals surface area contributed by atoms with Gasteiger partial charge in [0, 0.05) is 0 Å². The van der Waals surface area contributed by atoms with Crippen molar-refractivity contribution in [3.05, 3.63) is 35.9 Å². The van der Waals surface area contributed by atoms with Crippen molar-refractivity contribution < 1.29 is 0 Å². The van der Waals surface area contributed by atoms with Crippen LogP contribution in [-0.2, 0) is 6.42 Å². The minimum absolute atomic E-state index is 0.610. The fourth-order valence-electron chi connectivity index (χ4n) is 1.83. The molecular formula is C15H22S. The van der Waals surface area contributed by atoms with Gasteiger partial charge in [0.15, 0.2) is 0 Å². The van der Waals surface area contributed by atoms with Crippen molar-refractivity contribution in [2.75, 3.05) is 0 Å². The number of benzene rings is 1. The maximum atomic E-state index is 5.49. The monoisotopic (exact) mass is 234 g/mol. The van der Waals surface area contributed by atoms with Crippen LogP contribution in [0.4, 0.5) is 0 Å². The third kappa shape index (κ3) is 4.89. The first-order chi connectivity index (χ1) is 7.74. The SMILES string of the molecule is CCCCC(C)C(=S)CCc1ccccc1. The van der Waals surface area contributed by atoms with Gasteiger partial charge in [-0.1, -0.05) is 69.2 Å². The largest absolute Gasteiger partial charge is 0.0894 e. The molecule has 1 heteroatoms. The van der Waals surface area contributed by atoms with Crippen LogP contribution < -0.4 is 0 Å². The Bertz CT molecular complexity index is 302. The van der Waals surface area contributed by atoms with Gasteiger partial charge in [0.25, 0.3) is 0 Å². The van der Waals surface area contributed by atoms with E-state index in [0.29, 0.717) is 5.92 Å². The predicted octanol–water partition coefficient (Wildman–Crippen LogP) is 4.82. The van der Waals surface area contributed by atoms with Crippen LogP contribution in [0.2, 0.25) is 0 Å². The van der Waals surface area contributed by atoms with E-state index < -0.39 is 0 Å². The van der Waals surface area contributed by atoms with Gasteiger partial charge in [0.05, 0.1) is 0 Å². The molecule has 0 saturated carbocycles. The molecule has 1 atom stereocenters. The molecule has 0 aliphatic rings. The molecule has 0 aliphatic heterocycles. The molecule has 0 nitrogen and oxygen atoms in total. The summed E-state index contributed by atoms with van der Waals surface area (Å²) in [5.41, 5.74) is 1.40. The summed E-state index contributed by atoms with van der Waals surface area (Å²) in [7, 11) is 0.